The Bertz CT molecular complexity index is 1770. The summed E-state index contributed by atoms with van der Waals surface area (Å²) >= 11 is 1.25. The largest absolute Gasteiger partial charge is 0.465 e. The van der Waals surface area contributed by atoms with E-state index in [9.17, 15) is 24.0 Å². The second-order valence-electron chi connectivity index (χ2n) is 10.2. The van der Waals surface area contributed by atoms with Crippen molar-refractivity contribution in [3.05, 3.63) is 131 Å². The van der Waals surface area contributed by atoms with E-state index in [4.69, 9.17) is 4.74 Å². The summed E-state index contributed by atoms with van der Waals surface area (Å²) in [5.74, 6) is -2.12. The van der Waals surface area contributed by atoms with Gasteiger partial charge in [0.1, 0.15) is 5.70 Å². The summed E-state index contributed by atoms with van der Waals surface area (Å²) in [5.41, 5.74) is 3.47. The Kier molecular flexibility index (Phi) is 9.54. The monoisotopic (exact) mass is 619 g/mol. The molecule has 0 bridgehead atoms. The average molecular weight is 620 g/mol. The van der Waals surface area contributed by atoms with E-state index in [0.29, 0.717) is 22.5 Å². The fourth-order valence-corrected chi connectivity index (χ4v) is 5.64. The molecule has 4 aromatic carbocycles. The van der Waals surface area contributed by atoms with Crippen molar-refractivity contribution in [3.8, 4) is 0 Å². The van der Waals surface area contributed by atoms with Gasteiger partial charge in [-0.25, -0.2) is 9.69 Å². The molecule has 0 spiro atoms. The van der Waals surface area contributed by atoms with E-state index in [0.717, 1.165) is 20.9 Å². The maximum atomic E-state index is 13.3. The van der Waals surface area contributed by atoms with E-state index in [-0.39, 0.29) is 23.9 Å². The zero-order valence-electron chi connectivity index (χ0n) is 24.5. The molecule has 1 heterocycles. The summed E-state index contributed by atoms with van der Waals surface area (Å²) in [6, 6.07) is 29.1. The molecule has 0 aliphatic carbocycles. The number of nitrogens with one attached hydrogen (secondary N) is 2. The number of amides is 4. The Morgan fingerprint density at radius 1 is 0.844 bits per heavy atom. The summed E-state index contributed by atoms with van der Waals surface area (Å²) in [6.07, 6.45) is 1.63. The maximum Gasteiger partial charge on any atom is 0.337 e. The van der Waals surface area contributed by atoms with Gasteiger partial charge < -0.3 is 15.4 Å². The van der Waals surface area contributed by atoms with E-state index in [1.165, 1.54) is 43.1 Å². The molecule has 0 aromatic heterocycles. The third-order valence-corrected chi connectivity index (χ3v) is 8.16. The Balaban J connectivity index is 1.26. The molecule has 1 saturated heterocycles. The molecule has 1 unspecified atom stereocenters. The minimum Gasteiger partial charge on any atom is -0.465 e. The quantitative estimate of drug-likeness (QED) is 0.142. The highest BCUT2D eigenvalue weighted by atomic mass is 32.2. The third-order valence-electron chi connectivity index (χ3n) is 6.96. The molecular weight excluding hydrogens is 590 g/mol. The van der Waals surface area contributed by atoms with Gasteiger partial charge in [-0.15, -0.1) is 11.8 Å². The number of carbonyl (C=O) groups excluding carboxylic acids is 5. The van der Waals surface area contributed by atoms with Crippen LogP contribution in [0.15, 0.2) is 114 Å². The van der Waals surface area contributed by atoms with Crippen LogP contribution in [0.4, 0.5) is 11.4 Å². The van der Waals surface area contributed by atoms with Gasteiger partial charge in [-0.3, -0.25) is 19.2 Å². The first-order chi connectivity index (χ1) is 21.7. The lowest BCUT2D eigenvalue weighted by Crippen LogP contribution is -2.31. The van der Waals surface area contributed by atoms with Crippen LogP contribution in [0.25, 0.3) is 6.08 Å². The molecule has 226 valence electrons. The first kappa shape index (κ1) is 31.0. The number of hydrogen-bond acceptors (Lipinski definition) is 7. The molecule has 2 N–H and O–H groups in total. The van der Waals surface area contributed by atoms with Crippen LogP contribution in [-0.4, -0.2) is 42.0 Å². The molecule has 9 nitrogen and oxygen atoms in total. The van der Waals surface area contributed by atoms with Gasteiger partial charge in [-0.05, 0) is 79.2 Å². The van der Waals surface area contributed by atoms with E-state index >= 15 is 0 Å². The molecule has 4 amide bonds. The Morgan fingerprint density at radius 3 is 2.16 bits per heavy atom. The Labute approximate surface area is 264 Å². The zero-order chi connectivity index (χ0) is 31.9. The third kappa shape index (κ3) is 7.54. The lowest BCUT2D eigenvalue weighted by molar-refractivity contribution is -0.121. The molecule has 0 saturated carbocycles. The number of methoxy groups -OCH3 is 1. The molecule has 1 fully saturated rings. The van der Waals surface area contributed by atoms with Gasteiger partial charge in [0.25, 0.3) is 11.8 Å². The number of hydrogen-bond donors (Lipinski definition) is 2. The highest BCUT2D eigenvalue weighted by molar-refractivity contribution is 8.00. The van der Waals surface area contributed by atoms with Crippen molar-refractivity contribution in [3.63, 3.8) is 0 Å². The lowest BCUT2D eigenvalue weighted by atomic mass is 10.1. The number of rotatable bonds is 9. The van der Waals surface area contributed by atoms with Crippen molar-refractivity contribution in [2.24, 2.45) is 0 Å². The van der Waals surface area contributed by atoms with Crippen molar-refractivity contribution in [2.75, 3.05) is 17.3 Å². The first-order valence-electron chi connectivity index (χ1n) is 14.0. The van der Waals surface area contributed by atoms with Gasteiger partial charge in [0, 0.05) is 22.6 Å². The van der Waals surface area contributed by atoms with Gasteiger partial charge in [0.15, 0.2) is 0 Å². The minimum atomic E-state index is -0.629. The first-order valence-corrected chi connectivity index (χ1v) is 14.9. The number of ether oxygens (including phenoxy) is 1. The number of esters is 1. The summed E-state index contributed by atoms with van der Waals surface area (Å²) in [4.78, 5) is 65.6. The lowest BCUT2D eigenvalue weighted by Gasteiger charge is -2.15. The topological polar surface area (TPSA) is 122 Å². The minimum absolute atomic E-state index is 0.0228. The Morgan fingerprint density at radius 2 is 1.51 bits per heavy atom. The van der Waals surface area contributed by atoms with Crippen LogP contribution in [-0.2, 0) is 19.1 Å². The van der Waals surface area contributed by atoms with Gasteiger partial charge in [0.05, 0.1) is 23.6 Å². The molecule has 1 aliphatic rings. The fraction of sp³-hybridized carbons (Fsp3) is 0.114. The molecular formula is C35H29N3O6S. The SMILES string of the molecule is COC(=O)c1ccc(N2C(=O)CC(Sc3ccc(NC(=O)/C(=C/c4ccc(C)cc4)NC(=O)c4ccccc4)cc3)C2=O)cc1. The van der Waals surface area contributed by atoms with Crippen LogP contribution in [0.1, 0.15) is 38.3 Å². The van der Waals surface area contributed by atoms with Crippen LogP contribution in [0.5, 0.6) is 0 Å². The van der Waals surface area contributed by atoms with Gasteiger partial charge in [-0.1, -0.05) is 48.0 Å². The van der Waals surface area contributed by atoms with E-state index in [1.54, 1.807) is 60.7 Å². The predicted molar refractivity (Wildman–Crippen MR) is 173 cm³/mol. The molecule has 4 aromatic rings. The van der Waals surface area contributed by atoms with Gasteiger partial charge in [-0.2, -0.15) is 0 Å². The zero-order valence-corrected chi connectivity index (χ0v) is 25.3. The molecule has 45 heavy (non-hydrogen) atoms. The van der Waals surface area contributed by atoms with E-state index < -0.39 is 23.0 Å². The van der Waals surface area contributed by atoms with Crippen molar-refractivity contribution in [1.82, 2.24) is 5.32 Å². The summed E-state index contributed by atoms with van der Waals surface area (Å²) in [5, 5.41) is 4.91. The van der Waals surface area contributed by atoms with Crippen LogP contribution < -0.4 is 15.5 Å². The smallest absolute Gasteiger partial charge is 0.337 e. The van der Waals surface area contributed by atoms with E-state index in [2.05, 4.69) is 10.6 Å². The number of anilines is 2. The fourth-order valence-electron chi connectivity index (χ4n) is 4.58. The van der Waals surface area contributed by atoms with Crippen LogP contribution in [0, 0.1) is 6.92 Å². The highest BCUT2D eigenvalue weighted by Crippen LogP contribution is 2.34. The number of nitrogens with zero attached hydrogens (tertiary/aromatic N) is 1. The summed E-state index contributed by atoms with van der Waals surface area (Å²) < 4.78 is 4.70. The van der Waals surface area contributed by atoms with Crippen LogP contribution in [0.3, 0.4) is 0 Å². The van der Waals surface area contributed by atoms with Crippen LogP contribution >= 0.6 is 11.8 Å². The van der Waals surface area contributed by atoms with Crippen molar-refractivity contribution >= 4 is 58.8 Å². The summed E-state index contributed by atoms with van der Waals surface area (Å²) in [7, 11) is 1.28. The van der Waals surface area contributed by atoms with Crippen molar-refractivity contribution in [1.29, 1.82) is 0 Å². The number of thioether (sulfide) groups is 1. The maximum absolute atomic E-state index is 13.3. The highest BCUT2D eigenvalue weighted by Gasteiger charge is 2.40. The normalized spacial score (nSPS) is 14.7. The standard InChI is InChI=1S/C35H29N3O6S/c1-22-8-10-23(11-9-22)20-29(37-32(40)24-6-4-3-5-7-24)33(41)36-26-14-18-28(19-15-26)45-30-21-31(39)38(34(30)42)27-16-12-25(13-17-27)35(43)44-2/h3-20,30H,21H2,1-2H3,(H,36,41)(H,37,40)/b29-20-. The molecule has 5 rings (SSSR count). The van der Waals surface area contributed by atoms with Crippen LogP contribution in [0.2, 0.25) is 0 Å². The molecule has 1 aliphatic heterocycles. The average Bonchev–Trinajstić information content (AvgIpc) is 3.34. The van der Waals surface area contributed by atoms with Crippen molar-refractivity contribution < 1.29 is 28.7 Å². The predicted octanol–water partition coefficient (Wildman–Crippen LogP) is 5.62. The molecule has 1 atom stereocenters. The second-order valence-corrected chi connectivity index (χ2v) is 11.5. The van der Waals surface area contributed by atoms with Crippen molar-refractivity contribution in [2.45, 2.75) is 23.5 Å². The number of carbonyl (C=O) groups is 5. The number of imide groups is 1. The van der Waals surface area contributed by atoms with Gasteiger partial charge in [0.2, 0.25) is 11.8 Å². The summed E-state index contributed by atoms with van der Waals surface area (Å²) in [6.45, 7) is 1.96. The molecule has 0 radical (unpaired) electrons. The number of aryl methyl sites for hydroxylation is 1. The molecule has 10 heteroatoms. The Hall–Kier alpha value is -5.48. The van der Waals surface area contributed by atoms with Gasteiger partial charge >= 0.3 is 5.97 Å². The number of benzene rings is 4. The van der Waals surface area contributed by atoms with E-state index in [1.807, 2.05) is 31.2 Å². The second kappa shape index (κ2) is 13.9.